The van der Waals surface area contributed by atoms with Crippen LogP contribution in [0.15, 0.2) is 48.8 Å². The molecule has 2 aromatic carbocycles. The van der Waals surface area contributed by atoms with Crippen LogP contribution in [0.3, 0.4) is 0 Å². The second-order valence-corrected chi connectivity index (χ2v) is 8.89. The summed E-state index contributed by atoms with van der Waals surface area (Å²) in [7, 11) is 1.54. The number of piperidine rings is 1. The van der Waals surface area contributed by atoms with Crippen LogP contribution in [-0.4, -0.2) is 47.5 Å². The van der Waals surface area contributed by atoms with E-state index in [1.807, 2.05) is 6.08 Å². The largest absolute Gasteiger partial charge is 0.494 e. The maximum absolute atomic E-state index is 13.5. The van der Waals surface area contributed by atoms with E-state index in [1.165, 1.54) is 57.9 Å². The van der Waals surface area contributed by atoms with Crippen molar-refractivity contribution in [1.29, 1.82) is 0 Å². The van der Waals surface area contributed by atoms with Gasteiger partial charge >= 0.3 is 0 Å². The number of hydrogen-bond donors (Lipinski definition) is 2. The Morgan fingerprint density at radius 1 is 1.20 bits per heavy atom. The number of anilines is 3. The molecule has 0 radical (unpaired) electrons. The normalized spacial score (nSPS) is 14.4. The molecule has 1 aliphatic heterocycles. The molecule has 0 bridgehead atoms. The highest BCUT2D eigenvalue weighted by Gasteiger charge is 2.13. The Morgan fingerprint density at radius 3 is 2.80 bits per heavy atom. The third-order valence-electron chi connectivity index (χ3n) is 5.96. The van der Waals surface area contributed by atoms with Gasteiger partial charge in [-0.05, 0) is 75.7 Å². The number of ether oxygens (including phenoxy) is 1. The van der Waals surface area contributed by atoms with Gasteiger partial charge in [0.15, 0.2) is 0 Å². The van der Waals surface area contributed by atoms with E-state index in [0.29, 0.717) is 33.8 Å². The summed E-state index contributed by atoms with van der Waals surface area (Å²) in [5.74, 6) is 0.235. The number of amides is 1. The molecule has 0 aliphatic carbocycles. The van der Waals surface area contributed by atoms with E-state index in [9.17, 15) is 9.18 Å². The van der Waals surface area contributed by atoms with Crippen LogP contribution < -0.4 is 15.4 Å². The maximum Gasteiger partial charge on any atom is 0.248 e. The molecule has 1 aliphatic rings. The van der Waals surface area contributed by atoms with Crippen molar-refractivity contribution in [3.63, 3.8) is 0 Å². The quantitative estimate of drug-likeness (QED) is 0.281. The number of carbonyl (C=O) groups excluding carboxylic acids is 1. The van der Waals surface area contributed by atoms with Gasteiger partial charge in [-0.25, -0.2) is 14.4 Å². The predicted octanol–water partition coefficient (Wildman–Crippen LogP) is 5.94. The molecule has 3 aromatic rings. The van der Waals surface area contributed by atoms with Crippen molar-refractivity contribution < 1.29 is 13.9 Å². The Kier molecular flexibility index (Phi) is 8.50. The van der Waals surface area contributed by atoms with Gasteiger partial charge < -0.3 is 20.3 Å². The van der Waals surface area contributed by atoms with Crippen LogP contribution in [0, 0.1) is 5.82 Å². The SMILES string of the molecule is COc1cc2ncnc(Nc3ccc(F)c(Cl)c3)c2cc1NC(=O)/C=C/CCCN1CCCCC1. The minimum Gasteiger partial charge on any atom is -0.494 e. The van der Waals surface area contributed by atoms with Gasteiger partial charge in [-0.2, -0.15) is 0 Å². The second kappa shape index (κ2) is 12.0. The summed E-state index contributed by atoms with van der Waals surface area (Å²) in [6.45, 7) is 3.43. The zero-order valence-corrected chi connectivity index (χ0v) is 20.4. The van der Waals surface area contributed by atoms with E-state index in [2.05, 4.69) is 25.5 Å². The highest BCUT2D eigenvalue weighted by atomic mass is 35.5. The van der Waals surface area contributed by atoms with E-state index < -0.39 is 5.82 Å². The number of allylic oxidation sites excluding steroid dienone is 1. The van der Waals surface area contributed by atoms with Gasteiger partial charge in [0.25, 0.3) is 0 Å². The molecular formula is C26H29ClFN5O2. The Labute approximate surface area is 209 Å². The van der Waals surface area contributed by atoms with Crippen LogP contribution >= 0.6 is 11.6 Å². The summed E-state index contributed by atoms with van der Waals surface area (Å²) in [4.78, 5) is 23.7. The number of likely N-dealkylation sites (tertiary alicyclic amines) is 1. The number of rotatable bonds is 9. The first-order valence-electron chi connectivity index (χ1n) is 11.8. The molecule has 1 fully saturated rings. The van der Waals surface area contributed by atoms with Gasteiger partial charge in [0.1, 0.15) is 23.7 Å². The summed E-state index contributed by atoms with van der Waals surface area (Å²) in [6.07, 6.45) is 10.7. The smallest absolute Gasteiger partial charge is 0.248 e. The molecule has 35 heavy (non-hydrogen) atoms. The van der Waals surface area contributed by atoms with Crippen molar-refractivity contribution in [1.82, 2.24) is 14.9 Å². The van der Waals surface area contributed by atoms with E-state index >= 15 is 0 Å². The first-order valence-corrected chi connectivity index (χ1v) is 12.2. The van der Waals surface area contributed by atoms with Gasteiger partial charge in [-0.3, -0.25) is 4.79 Å². The van der Waals surface area contributed by atoms with Crippen LogP contribution in [0.2, 0.25) is 5.02 Å². The lowest BCUT2D eigenvalue weighted by Crippen LogP contribution is -2.30. The van der Waals surface area contributed by atoms with Crippen molar-refractivity contribution in [2.45, 2.75) is 32.1 Å². The first-order chi connectivity index (χ1) is 17.0. The number of hydrogen-bond acceptors (Lipinski definition) is 6. The van der Waals surface area contributed by atoms with Gasteiger partial charge in [0.05, 0.1) is 23.3 Å². The molecule has 7 nitrogen and oxygen atoms in total. The monoisotopic (exact) mass is 497 g/mol. The van der Waals surface area contributed by atoms with Crippen LogP contribution in [0.4, 0.5) is 21.6 Å². The average Bonchev–Trinajstić information content (AvgIpc) is 2.86. The number of aromatic nitrogens is 2. The van der Waals surface area contributed by atoms with Crippen LogP contribution in [0.1, 0.15) is 32.1 Å². The fourth-order valence-electron chi connectivity index (χ4n) is 4.14. The zero-order valence-electron chi connectivity index (χ0n) is 19.7. The third kappa shape index (κ3) is 6.68. The van der Waals surface area contributed by atoms with E-state index in [0.717, 1.165) is 19.4 Å². The van der Waals surface area contributed by atoms with Gasteiger partial charge in [-0.15, -0.1) is 0 Å². The van der Waals surface area contributed by atoms with Crippen LogP contribution in [0.25, 0.3) is 10.9 Å². The van der Waals surface area contributed by atoms with Crippen molar-refractivity contribution >= 4 is 45.6 Å². The lowest BCUT2D eigenvalue weighted by Gasteiger charge is -2.25. The third-order valence-corrected chi connectivity index (χ3v) is 6.25. The molecule has 1 amide bonds. The van der Waals surface area contributed by atoms with Gasteiger partial charge in [0, 0.05) is 17.1 Å². The van der Waals surface area contributed by atoms with Crippen molar-refractivity contribution in [2.24, 2.45) is 0 Å². The van der Waals surface area contributed by atoms with E-state index in [-0.39, 0.29) is 10.9 Å². The summed E-state index contributed by atoms with van der Waals surface area (Å²) in [6, 6.07) is 7.81. The number of benzene rings is 2. The lowest BCUT2D eigenvalue weighted by molar-refractivity contribution is -0.111. The molecule has 0 unspecified atom stereocenters. The predicted molar refractivity (Wildman–Crippen MR) is 138 cm³/mol. The highest BCUT2D eigenvalue weighted by molar-refractivity contribution is 6.31. The van der Waals surface area contributed by atoms with Crippen LogP contribution in [-0.2, 0) is 4.79 Å². The first kappa shape index (κ1) is 24.9. The number of carbonyl (C=O) groups is 1. The van der Waals surface area contributed by atoms with Gasteiger partial charge in [-0.1, -0.05) is 24.1 Å². The number of fused-ring (bicyclic) bond motifs is 1. The second-order valence-electron chi connectivity index (χ2n) is 8.48. The fourth-order valence-corrected chi connectivity index (χ4v) is 4.32. The average molecular weight is 498 g/mol. The molecule has 1 saturated heterocycles. The molecule has 184 valence electrons. The highest BCUT2D eigenvalue weighted by Crippen LogP contribution is 2.33. The molecule has 0 saturated carbocycles. The molecule has 9 heteroatoms. The van der Waals surface area contributed by atoms with Crippen molar-refractivity contribution in [3.05, 3.63) is 59.7 Å². The number of methoxy groups -OCH3 is 1. The minimum atomic E-state index is -0.501. The van der Waals surface area contributed by atoms with E-state index in [1.54, 1.807) is 24.3 Å². The molecule has 0 spiro atoms. The molecule has 0 atom stereocenters. The van der Waals surface area contributed by atoms with E-state index in [4.69, 9.17) is 16.3 Å². The zero-order chi connectivity index (χ0) is 24.6. The lowest BCUT2D eigenvalue weighted by atomic mass is 10.1. The summed E-state index contributed by atoms with van der Waals surface area (Å²) in [5, 5.41) is 6.69. The fraction of sp³-hybridized carbons (Fsp3) is 0.346. The molecule has 4 rings (SSSR count). The number of nitrogens with one attached hydrogen (secondary N) is 2. The summed E-state index contributed by atoms with van der Waals surface area (Å²) >= 11 is 5.90. The molecule has 2 N–H and O–H groups in total. The molecule has 2 heterocycles. The Bertz CT molecular complexity index is 1210. The number of unbranched alkanes of at least 4 members (excludes halogenated alkanes) is 1. The summed E-state index contributed by atoms with van der Waals surface area (Å²) in [5.41, 5.74) is 1.70. The Morgan fingerprint density at radius 2 is 2.03 bits per heavy atom. The molecular weight excluding hydrogens is 469 g/mol. The van der Waals surface area contributed by atoms with Crippen molar-refractivity contribution in [2.75, 3.05) is 37.4 Å². The Hall–Kier alpha value is -3.23. The number of halogens is 2. The van der Waals surface area contributed by atoms with Crippen LogP contribution in [0.5, 0.6) is 5.75 Å². The Balaban J connectivity index is 1.44. The number of nitrogens with zero attached hydrogens (tertiary/aromatic N) is 3. The summed E-state index contributed by atoms with van der Waals surface area (Å²) < 4.78 is 19.0. The van der Waals surface area contributed by atoms with Crippen molar-refractivity contribution in [3.8, 4) is 5.75 Å². The van der Waals surface area contributed by atoms with Gasteiger partial charge in [0.2, 0.25) is 5.91 Å². The molecule has 1 aromatic heterocycles. The topological polar surface area (TPSA) is 79.4 Å². The maximum atomic E-state index is 13.5. The standard InChI is InChI=1S/C26H29ClFN5O2/c1-35-24-16-22-19(26(30-17-29-22)31-18-9-10-21(28)20(27)14-18)15-23(24)32-25(34)8-4-2-5-11-33-12-6-3-7-13-33/h4,8-10,14-17H,2-3,5-7,11-13H2,1H3,(H,32,34)(H,29,30,31)/b8-4+. The minimum absolute atomic E-state index is 0.00528.